The van der Waals surface area contributed by atoms with Crippen LogP contribution in [-0.2, 0) is 13.6 Å². The third-order valence-electron chi connectivity index (χ3n) is 5.87. The van der Waals surface area contributed by atoms with Gasteiger partial charge >= 0.3 is 0 Å². The second-order valence-electron chi connectivity index (χ2n) is 8.15. The molecule has 5 rings (SSSR count). The molecule has 0 aliphatic carbocycles. The zero-order valence-electron chi connectivity index (χ0n) is 19.3. The number of rotatable bonds is 7. The van der Waals surface area contributed by atoms with Gasteiger partial charge in [-0.15, -0.1) is 0 Å². The predicted octanol–water partition coefficient (Wildman–Crippen LogP) is 5.07. The number of halogens is 1. The van der Waals surface area contributed by atoms with Gasteiger partial charge in [-0.2, -0.15) is 5.10 Å². The largest absolute Gasteiger partial charge is 0.496 e. The Balaban J connectivity index is 1.30. The molecule has 0 radical (unpaired) electrons. The Morgan fingerprint density at radius 3 is 2.44 bits per heavy atom. The summed E-state index contributed by atoms with van der Waals surface area (Å²) in [6, 6.07) is 17.0. The molecule has 0 aliphatic heterocycles. The van der Waals surface area contributed by atoms with Gasteiger partial charge in [0.2, 0.25) is 0 Å². The van der Waals surface area contributed by atoms with Crippen LogP contribution in [0.25, 0.3) is 33.4 Å². The topological polar surface area (TPSA) is 69.8 Å². The van der Waals surface area contributed by atoms with Crippen LogP contribution < -0.4 is 10.1 Å². The highest BCUT2D eigenvalue weighted by Crippen LogP contribution is 2.30. The molecule has 3 heterocycles. The van der Waals surface area contributed by atoms with E-state index in [1.807, 2.05) is 62.6 Å². The number of nitrogens with one attached hydrogen (secondary N) is 1. The van der Waals surface area contributed by atoms with Gasteiger partial charge in [-0.3, -0.25) is 4.68 Å². The van der Waals surface area contributed by atoms with Gasteiger partial charge in [-0.05, 0) is 25.1 Å². The Hall–Kier alpha value is -4.20. The monoisotopic (exact) mass is 456 g/mol. The quantitative estimate of drug-likeness (QED) is 0.370. The molecule has 0 unspecified atom stereocenters. The van der Waals surface area contributed by atoms with Crippen molar-refractivity contribution in [2.24, 2.45) is 7.05 Å². The molecule has 7 nitrogen and oxygen atoms in total. The summed E-state index contributed by atoms with van der Waals surface area (Å²) in [6.07, 6.45) is 3.48. The zero-order valence-corrected chi connectivity index (χ0v) is 19.3. The molecule has 0 bridgehead atoms. The van der Waals surface area contributed by atoms with Crippen molar-refractivity contribution in [1.29, 1.82) is 0 Å². The lowest BCUT2D eigenvalue weighted by Gasteiger charge is -2.11. The highest BCUT2D eigenvalue weighted by molar-refractivity contribution is 5.87. The molecule has 172 valence electrons. The summed E-state index contributed by atoms with van der Waals surface area (Å²) in [7, 11) is 3.46. The summed E-state index contributed by atoms with van der Waals surface area (Å²) >= 11 is 0. The van der Waals surface area contributed by atoms with E-state index in [1.54, 1.807) is 24.2 Å². The van der Waals surface area contributed by atoms with Crippen molar-refractivity contribution in [2.45, 2.75) is 13.5 Å². The molecule has 5 aromatic rings. The number of fused-ring (bicyclic) bond motifs is 1. The Bertz CT molecular complexity index is 1450. The number of hydrogen-bond acceptors (Lipinski definition) is 5. The summed E-state index contributed by atoms with van der Waals surface area (Å²) in [6.45, 7) is 3.29. The number of methoxy groups -OCH3 is 1. The first-order valence-corrected chi connectivity index (χ1v) is 11.0. The van der Waals surface area contributed by atoms with E-state index in [1.165, 1.54) is 6.07 Å². The van der Waals surface area contributed by atoms with Gasteiger partial charge in [-0.25, -0.2) is 14.4 Å². The van der Waals surface area contributed by atoms with Crippen LogP contribution >= 0.6 is 0 Å². The van der Waals surface area contributed by atoms with E-state index < -0.39 is 0 Å². The molecule has 0 spiro atoms. The molecule has 0 aliphatic rings. The lowest BCUT2D eigenvalue weighted by atomic mass is 10.1. The standard InChI is InChI=1S/C26H25FN6O/c1-17-12-21-24(13-20(27)14-25(21)34-3)33(17)11-9-28-26-15-23(29-16-30-26)19-6-4-18(5-7-19)22-8-10-32(2)31-22/h4-8,10,12-16H,9,11H2,1-3H3,(H,28,29,30). The number of hydrogen-bond donors (Lipinski definition) is 1. The summed E-state index contributed by atoms with van der Waals surface area (Å²) in [5, 5.41) is 8.70. The Morgan fingerprint density at radius 1 is 0.971 bits per heavy atom. The van der Waals surface area contributed by atoms with Gasteiger partial charge in [-0.1, -0.05) is 24.3 Å². The van der Waals surface area contributed by atoms with Crippen LogP contribution in [0.4, 0.5) is 10.2 Å². The molecule has 0 atom stereocenters. The van der Waals surface area contributed by atoms with Crippen LogP contribution in [0.2, 0.25) is 0 Å². The van der Waals surface area contributed by atoms with Crippen LogP contribution in [0.1, 0.15) is 5.69 Å². The molecule has 0 saturated heterocycles. The van der Waals surface area contributed by atoms with Crippen LogP contribution in [0.3, 0.4) is 0 Å². The van der Waals surface area contributed by atoms with Gasteiger partial charge in [0.1, 0.15) is 23.7 Å². The minimum absolute atomic E-state index is 0.314. The molecule has 34 heavy (non-hydrogen) atoms. The van der Waals surface area contributed by atoms with E-state index in [0.717, 1.165) is 44.9 Å². The molecule has 0 amide bonds. The van der Waals surface area contributed by atoms with Gasteiger partial charge in [0.15, 0.2) is 0 Å². The maximum Gasteiger partial charge on any atom is 0.131 e. The lowest BCUT2D eigenvalue weighted by Crippen LogP contribution is -2.12. The molecule has 3 aromatic heterocycles. The number of ether oxygens (including phenoxy) is 1. The number of aromatic nitrogens is 5. The van der Waals surface area contributed by atoms with E-state index in [4.69, 9.17) is 4.74 Å². The van der Waals surface area contributed by atoms with Crippen molar-refractivity contribution in [3.8, 4) is 28.3 Å². The van der Waals surface area contributed by atoms with E-state index in [0.29, 0.717) is 18.8 Å². The molecule has 2 aromatic carbocycles. The number of nitrogens with zero attached hydrogens (tertiary/aromatic N) is 5. The summed E-state index contributed by atoms with van der Waals surface area (Å²) < 4.78 is 23.3. The third kappa shape index (κ3) is 4.22. The average Bonchev–Trinajstić information content (AvgIpc) is 3.42. The molecular formula is C26H25FN6O. The fourth-order valence-corrected chi connectivity index (χ4v) is 4.18. The molecule has 0 fully saturated rings. The van der Waals surface area contributed by atoms with Crippen molar-refractivity contribution in [3.05, 3.63) is 78.6 Å². The normalized spacial score (nSPS) is 11.2. The fraction of sp³-hybridized carbons (Fsp3) is 0.192. The number of aryl methyl sites for hydroxylation is 2. The van der Waals surface area contributed by atoms with Crippen LogP contribution in [0.15, 0.2) is 67.1 Å². The number of anilines is 1. The van der Waals surface area contributed by atoms with Crippen molar-refractivity contribution >= 4 is 16.7 Å². The first-order chi connectivity index (χ1) is 16.5. The first-order valence-electron chi connectivity index (χ1n) is 11.0. The second kappa shape index (κ2) is 8.97. The van der Waals surface area contributed by atoms with Crippen molar-refractivity contribution in [3.63, 3.8) is 0 Å². The van der Waals surface area contributed by atoms with E-state index in [2.05, 4.69) is 25.0 Å². The van der Waals surface area contributed by atoms with E-state index in [9.17, 15) is 4.39 Å². The Kier molecular flexibility index (Phi) is 5.71. The van der Waals surface area contributed by atoms with Crippen molar-refractivity contribution < 1.29 is 9.13 Å². The maximum absolute atomic E-state index is 14.1. The van der Waals surface area contributed by atoms with Gasteiger partial charge in [0.25, 0.3) is 0 Å². The molecule has 0 saturated carbocycles. The van der Waals surface area contributed by atoms with Crippen LogP contribution in [0, 0.1) is 12.7 Å². The Labute approximate surface area is 196 Å². The van der Waals surface area contributed by atoms with E-state index >= 15 is 0 Å². The fourth-order valence-electron chi connectivity index (χ4n) is 4.18. The average molecular weight is 457 g/mol. The van der Waals surface area contributed by atoms with Crippen molar-refractivity contribution in [2.75, 3.05) is 19.0 Å². The number of benzene rings is 2. The lowest BCUT2D eigenvalue weighted by molar-refractivity contribution is 0.416. The smallest absolute Gasteiger partial charge is 0.131 e. The van der Waals surface area contributed by atoms with Crippen LogP contribution in [-0.4, -0.2) is 38.0 Å². The first kappa shape index (κ1) is 21.6. The minimum atomic E-state index is -0.314. The maximum atomic E-state index is 14.1. The highest BCUT2D eigenvalue weighted by atomic mass is 19.1. The second-order valence-corrected chi connectivity index (χ2v) is 8.15. The minimum Gasteiger partial charge on any atom is -0.496 e. The van der Waals surface area contributed by atoms with Gasteiger partial charge in [0, 0.05) is 60.7 Å². The van der Waals surface area contributed by atoms with Crippen molar-refractivity contribution in [1.82, 2.24) is 24.3 Å². The SMILES string of the molecule is COc1cc(F)cc2c1cc(C)n2CCNc1cc(-c2ccc(-c3ccn(C)n3)cc2)ncn1. The summed E-state index contributed by atoms with van der Waals surface area (Å²) in [4.78, 5) is 8.78. The van der Waals surface area contributed by atoms with Gasteiger partial charge in [0.05, 0.1) is 24.0 Å². The van der Waals surface area contributed by atoms with Gasteiger partial charge < -0.3 is 14.6 Å². The zero-order chi connectivity index (χ0) is 23.7. The molecular weight excluding hydrogens is 431 g/mol. The van der Waals surface area contributed by atoms with Crippen LogP contribution in [0.5, 0.6) is 5.75 Å². The summed E-state index contributed by atoms with van der Waals surface area (Å²) in [5.41, 5.74) is 5.67. The third-order valence-corrected chi connectivity index (χ3v) is 5.87. The highest BCUT2D eigenvalue weighted by Gasteiger charge is 2.12. The molecule has 1 N–H and O–H groups in total. The summed E-state index contributed by atoms with van der Waals surface area (Å²) in [5.74, 6) is 0.960. The predicted molar refractivity (Wildman–Crippen MR) is 131 cm³/mol. The molecule has 8 heteroatoms. The van der Waals surface area contributed by atoms with E-state index in [-0.39, 0.29) is 5.82 Å². The Morgan fingerprint density at radius 2 is 1.74 bits per heavy atom.